The molecule has 2 aliphatic rings. The third-order valence-corrected chi connectivity index (χ3v) is 6.28. The van der Waals surface area contributed by atoms with Crippen LogP contribution in [-0.2, 0) is 9.47 Å². The molecule has 0 radical (unpaired) electrons. The van der Waals surface area contributed by atoms with Crippen LogP contribution in [0.4, 0.5) is 0 Å². The average molecular weight is 551 g/mol. The number of nitrogens with zero attached hydrogens (tertiary/aromatic N) is 2. The van der Waals surface area contributed by atoms with E-state index in [9.17, 15) is 4.79 Å². The molecular weight excluding hydrogens is 515 g/mol. The van der Waals surface area contributed by atoms with E-state index < -0.39 is 0 Å². The SMILES string of the molecule is CN=C(NCCCNC(=O)c1cccs1)N1CCC(OCC2CCCCO2)CC1.I. The monoisotopic (exact) mass is 550 g/mol. The van der Waals surface area contributed by atoms with Crippen LogP contribution in [0.2, 0.25) is 0 Å². The van der Waals surface area contributed by atoms with Crippen LogP contribution in [0.15, 0.2) is 22.5 Å². The fourth-order valence-corrected chi connectivity index (χ4v) is 4.37. The Bertz CT molecular complexity index is 630. The first-order valence-electron chi connectivity index (χ1n) is 10.8. The number of hydrogen-bond donors (Lipinski definition) is 2. The highest BCUT2D eigenvalue weighted by molar-refractivity contribution is 14.0. The number of nitrogens with one attached hydrogen (secondary N) is 2. The van der Waals surface area contributed by atoms with Gasteiger partial charge in [0.15, 0.2) is 5.96 Å². The minimum atomic E-state index is 0. The molecule has 1 amide bonds. The van der Waals surface area contributed by atoms with E-state index in [1.54, 1.807) is 0 Å². The number of halogens is 1. The van der Waals surface area contributed by atoms with Crippen molar-refractivity contribution >= 4 is 47.2 Å². The van der Waals surface area contributed by atoms with Crippen LogP contribution in [0.1, 0.15) is 48.2 Å². The molecule has 1 unspecified atom stereocenters. The Morgan fingerprint density at radius 1 is 1.27 bits per heavy atom. The third kappa shape index (κ3) is 8.32. The van der Waals surface area contributed by atoms with E-state index >= 15 is 0 Å². The summed E-state index contributed by atoms with van der Waals surface area (Å²) in [7, 11) is 1.82. The highest BCUT2D eigenvalue weighted by Crippen LogP contribution is 2.18. The number of ether oxygens (including phenoxy) is 2. The maximum absolute atomic E-state index is 11.9. The normalized spacial score (nSPS) is 20.5. The van der Waals surface area contributed by atoms with Crippen LogP contribution in [0, 0.1) is 0 Å². The van der Waals surface area contributed by atoms with Gasteiger partial charge in [-0.15, -0.1) is 35.3 Å². The average Bonchev–Trinajstić information content (AvgIpc) is 3.31. The van der Waals surface area contributed by atoms with Crippen molar-refractivity contribution in [3.05, 3.63) is 22.4 Å². The fraction of sp³-hybridized carbons (Fsp3) is 0.714. The van der Waals surface area contributed by atoms with Gasteiger partial charge in [-0.3, -0.25) is 9.79 Å². The zero-order valence-electron chi connectivity index (χ0n) is 17.8. The van der Waals surface area contributed by atoms with Crippen LogP contribution >= 0.6 is 35.3 Å². The van der Waals surface area contributed by atoms with Crippen molar-refractivity contribution in [1.82, 2.24) is 15.5 Å². The van der Waals surface area contributed by atoms with Gasteiger partial charge in [0.05, 0.1) is 23.7 Å². The van der Waals surface area contributed by atoms with E-state index in [2.05, 4.69) is 20.5 Å². The smallest absolute Gasteiger partial charge is 0.261 e. The largest absolute Gasteiger partial charge is 0.376 e. The second-order valence-corrected chi connectivity index (χ2v) is 8.52. The maximum Gasteiger partial charge on any atom is 0.261 e. The number of rotatable bonds is 8. The van der Waals surface area contributed by atoms with Gasteiger partial charge >= 0.3 is 0 Å². The van der Waals surface area contributed by atoms with Crippen molar-refractivity contribution in [2.45, 2.75) is 50.7 Å². The lowest BCUT2D eigenvalue weighted by atomic mass is 10.1. The minimum Gasteiger partial charge on any atom is -0.376 e. The molecule has 0 bridgehead atoms. The topological polar surface area (TPSA) is 75.2 Å². The molecule has 1 aromatic heterocycles. The molecule has 3 heterocycles. The second kappa shape index (κ2) is 14.2. The molecule has 30 heavy (non-hydrogen) atoms. The number of carbonyl (C=O) groups is 1. The van der Waals surface area contributed by atoms with Crippen molar-refractivity contribution in [1.29, 1.82) is 0 Å². The Morgan fingerprint density at radius 2 is 2.07 bits per heavy atom. The van der Waals surface area contributed by atoms with Gasteiger partial charge in [-0.25, -0.2) is 0 Å². The van der Waals surface area contributed by atoms with Crippen molar-refractivity contribution in [2.75, 3.05) is 46.4 Å². The Labute approximate surface area is 201 Å². The summed E-state index contributed by atoms with van der Waals surface area (Å²) >= 11 is 1.46. The molecule has 0 aromatic carbocycles. The predicted molar refractivity (Wildman–Crippen MR) is 132 cm³/mol. The summed E-state index contributed by atoms with van der Waals surface area (Å²) in [5.41, 5.74) is 0. The zero-order valence-corrected chi connectivity index (χ0v) is 21.0. The van der Waals surface area contributed by atoms with Gasteiger partial charge in [-0.05, 0) is 50.0 Å². The van der Waals surface area contributed by atoms with E-state index in [4.69, 9.17) is 9.47 Å². The lowest BCUT2D eigenvalue weighted by Crippen LogP contribution is -2.47. The van der Waals surface area contributed by atoms with Gasteiger partial charge < -0.3 is 25.0 Å². The lowest BCUT2D eigenvalue weighted by molar-refractivity contribution is -0.0721. The third-order valence-electron chi connectivity index (χ3n) is 5.41. The van der Waals surface area contributed by atoms with Gasteiger partial charge in [-0.1, -0.05) is 6.07 Å². The number of amides is 1. The highest BCUT2D eigenvalue weighted by Gasteiger charge is 2.23. The summed E-state index contributed by atoms with van der Waals surface area (Å²) in [6, 6.07) is 3.73. The van der Waals surface area contributed by atoms with Crippen LogP contribution in [0.3, 0.4) is 0 Å². The standard InChI is InChI=1S/C21H34N4O3S.HI/c1-22-21(24-11-5-10-23-20(26)19-7-4-15-29-19)25-12-8-17(9-13-25)28-16-18-6-2-3-14-27-18;/h4,7,15,17-18H,2-3,5-6,8-14,16H2,1H3,(H,22,24)(H,23,26);1H. The highest BCUT2D eigenvalue weighted by atomic mass is 127. The number of aliphatic imine (C=N–C) groups is 1. The Kier molecular flexibility index (Phi) is 12.0. The maximum atomic E-state index is 11.9. The molecule has 0 spiro atoms. The number of likely N-dealkylation sites (tertiary alicyclic amines) is 1. The van der Waals surface area contributed by atoms with Gasteiger partial charge in [0.25, 0.3) is 5.91 Å². The Morgan fingerprint density at radius 3 is 2.73 bits per heavy atom. The van der Waals surface area contributed by atoms with Gasteiger partial charge in [0, 0.05) is 39.8 Å². The van der Waals surface area contributed by atoms with Crippen LogP contribution in [0.25, 0.3) is 0 Å². The lowest BCUT2D eigenvalue weighted by Gasteiger charge is -2.35. The molecule has 0 aliphatic carbocycles. The molecule has 1 aromatic rings. The number of piperidine rings is 1. The number of guanidine groups is 1. The van der Waals surface area contributed by atoms with Gasteiger partial charge in [0.2, 0.25) is 0 Å². The number of thiophene rings is 1. The van der Waals surface area contributed by atoms with Crippen molar-refractivity contribution < 1.29 is 14.3 Å². The molecule has 0 saturated carbocycles. The summed E-state index contributed by atoms with van der Waals surface area (Å²) in [5.74, 6) is 0.939. The van der Waals surface area contributed by atoms with Crippen molar-refractivity contribution in [2.24, 2.45) is 4.99 Å². The van der Waals surface area contributed by atoms with Crippen LogP contribution in [-0.4, -0.2) is 75.4 Å². The fourth-order valence-electron chi connectivity index (χ4n) is 3.73. The minimum absolute atomic E-state index is 0. The molecule has 170 valence electrons. The summed E-state index contributed by atoms with van der Waals surface area (Å²) in [5, 5.41) is 8.28. The Balaban J connectivity index is 0.00000320. The molecular formula is C21H35IN4O3S. The Hall–Kier alpha value is -0.910. The summed E-state index contributed by atoms with van der Waals surface area (Å²) in [4.78, 5) is 19.4. The summed E-state index contributed by atoms with van der Waals surface area (Å²) < 4.78 is 11.9. The van der Waals surface area contributed by atoms with Gasteiger partial charge in [0.1, 0.15) is 0 Å². The van der Waals surface area contributed by atoms with E-state index in [0.717, 1.165) is 69.4 Å². The van der Waals surface area contributed by atoms with Crippen LogP contribution < -0.4 is 10.6 Å². The quantitative estimate of drug-likeness (QED) is 0.225. The molecule has 3 rings (SSSR count). The molecule has 9 heteroatoms. The zero-order chi connectivity index (χ0) is 20.3. The second-order valence-electron chi connectivity index (χ2n) is 7.57. The molecule has 2 aliphatic heterocycles. The summed E-state index contributed by atoms with van der Waals surface area (Å²) in [6.45, 7) is 4.95. The number of hydrogen-bond acceptors (Lipinski definition) is 5. The molecule has 1 atom stereocenters. The van der Waals surface area contributed by atoms with Crippen LogP contribution in [0.5, 0.6) is 0 Å². The predicted octanol–water partition coefficient (Wildman–Crippen LogP) is 3.11. The summed E-state index contributed by atoms with van der Waals surface area (Å²) in [6.07, 6.45) is 7.07. The van der Waals surface area contributed by atoms with E-state index in [1.165, 1.54) is 24.2 Å². The first-order chi connectivity index (χ1) is 14.3. The van der Waals surface area contributed by atoms with E-state index in [0.29, 0.717) is 12.6 Å². The molecule has 2 saturated heterocycles. The first-order valence-corrected chi connectivity index (χ1v) is 11.6. The van der Waals surface area contributed by atoms with Crippen molar-refractivity contribution in [3.63, 3.8) is 0 Å². The number of carbonyl (C=O) groups excluding carboxylic acids is 1. The van der Waals surface area contributed by atoms with E-state index in [1.807, 2.05) is 24.6 Å². The van der Waals surface area contributed by atoms with Gasteiger partial charge in [-0.2, -0.15) is 0 Å². The molecule has 2 N–H and O–H groups in total. The molecule has 2 fully saturated rings. The van der Waals surface area contributed by atoms with Crippen molar-refractivity contribution in [3.8, 4) is 0 Å². The first kappa shape index (κ1) is 25.4. The van der Waals surface area contributed by atoms with E-state index in [-0.39, 0.29) is 36.0 Å². The molecule has 7 nitrogen and oxygen atoms in total.